The molecule has 0 aliphatic carbocycles. The molecule has 4 heteroatoms. The van der Waals surface area contributed by atoms with Crippen LogP contribution in [-0.2, 0) is 13.5 Å². The van der Waals surface area contributed by atoms with Crippen molar-refractivity contribution in [3.05, 3.63) is 52.1 Å². The quantitative estimate of drug-likeness (QED) is 0.914. The molecule has 2 rings (SSSR count). The van der Waals surface area contributed by atoms with E-state index in [-0.39, 0.29) is 11.9 Å². The normalized spacial score (nSPS) is 12.7. The van der Waals surface area contributed by atoms with Gasteiger partial charge in [-0.15, -0.1) is 0 Å². The number of nitrogens with zero attached hydrogens (tertiary/aromatic N) is 2. The van der Waals surface area contributed by atoms with Crippen LogP contribution in [0.3, 0.4) is 0 Å². The van der Waals surface area contributed by atoms with E-state index in [1.165, 1.54) is 11.3 Å². The topological polar surface area (TPSA) is 29.9 Å². The summed E-state index contributed by atoms with van der Waals surface area (Å²) in [7, 11) is 1.97. The average molecular weight is 289 g/mol. The van der Waals surface area contributed by atoms with E-state index in [0.29, 0.717) is 5.56 Å². The molecule has 0 aliphatic rings. The third-order valence-electron chi connectivity index (χ3n) is 4.10. The summed E-state index contributed by atoms with van der Waals surface area (Å²) < 4.78 is 15.4. The maximum Gasteiger partial charge on any atom is 0.126 e. The summed E-state index contributed by atoms with van der Waals surface area (Å²) in [6.45, 7) is 8.91. The zero-order valence-corrected chi connectivity index (χ0v) is 13.5. The van der Waals surface area contributed by atoms with Crippen molar-refractivity contribution in [2.45, 2.75) is 40.2 Å². The highest BCUT2D eigenvalue weighted by Crippen LogP contribution is 2.24. The van der Waals surface area contributed by atoms with Gasteiger partial charge in [-0.3, -0.25) is 4.68 Å². The summed E-state index contributed by atoms with van der Waals surface area (Å²) in [5, 5.41) is 7.98. The molecule has 21 heavy (non-hydrogen) atoms. The Morgan fingerprint density at radius 2 is 2.00 bits per heavy atom. The molecule has 0 saturated carbocycles. The van der Waals surface area contributed by atoms with Gasteiger partial charge in [0.25, 0.3) is 0 Å². The van der Waals surface area contributed by atoms with Crippen molar-refractivity contribution < 1.29 is 4.39 Å². The summed E-state index contributed by atoms with van der Waals surface area (Å²) in [6, 6.07) is 5.54. The van der Waals surface area contributed by atoms with E-state index >= 15 is 0 Å². The monoisotopic (exact) mass is 289 g/mol. The summed E-state index contributed by atoms with van der Waals surface area (Å²) in [4.78, 5) is 0. The zero-order valence-electron chi connectivity index (χ0n) is 13.5. The van der Waals surface area contributed by atoms with Crippen LogP contribution in [-0.4, -0.2) is 16.3 Å². The van der Waals surface area contributed by atoms with Crippen molar-refractivity contribution in [3.63, 3.8) is 0 Å². The highest BCUT2D eigenvalue weighted by molar-refractivity contribution is 5.31. The van der Waals surface area contributed by atoms with Crippen LogP contribution in [0.1, 0.15) is 41.0 Å². The van der Waals surface area contributed by atoms with Gasteiger partial charge in [-0.2, -0.15) is 5.10 Å². The van der Waals surface area contributed by atoms with Crippen molar-refractivity contribution in [2.24, 2.45) is 7.05 Å². The number of halogens is 1. The van der Waals surface area contributed by atoms with Gasteiger partial charge in [0.2, 0.25) is 0 Å². The van der Waals surface area contributed by atoms with Crippen LogP contribution in [0.5, 0.6) is 0 Å². The van der Waals surface area contributed by atoms with E-state index in [1.807, 2.05) is 37.7 Å². The number of benzene rings is 1. The van der Waals surface area contributed by atoms with Gasteiger partial charge in [0.15, 0.2) is 0 Å². The van der Waals surface area contributed by atoms with Gasteiger partial charge in [-0.05, 0) is 56.5 Å². The third kappa shape index (κ3) is 3.32. The second kappa shape index (κ2) is 6.39. The molecule has 114 valence electrons. The van der Waals surface area contributed by atoms with Crippen LogP contribution < -0.4 is 5.32 Å². The predicted molar refractivity (Wildman–Crippen MR) is 83.9 cm³/mol. The molecule has 1 N–H and O–H groups in total. The van der Waals surface area contributed by atoms with Crippen LogP contribution >= 0.6 is 0 Å². The Bertz CT molecular complexity index is 631. The van der Waals surface area contributed by atoms with Gasteiger partial charge in [0.05, 0.1) is 5.69 Å². The maximum atomic E-state index is 13.5. The predicted octanol–water partition coefficient (Wildman–Crippen LogP) is 3.38. The maximum absolute atomic E-state index is 13.5. The van der Waals surface area contributed by atoms with Crippen LogP contribution in [0, 0.1) is 26.6 Å². The Kier molecular flexibility index (Phi) is 4.78. The minimum absolute atomic E-state index is 0.150. The molecular formula is C17H24FN3. The van der Waals surface area contributed by atoms with Crippen molar-refractivity contribution in [1.82, 2.24) is 15.1 Å². The number of aromatic nitrogens is 2. The van der Waals surface area contributed by atoms with E-state index in [1.54, 1.807) is 6.07 Å². The SMILES string of the molecule is CCNC(Cc1c(C)nn(C)c1C)c1ccc(F)c(C)c1. The molecule has 0 amide bonds. The second-order valence-corrected chi connectivity index (χ2v) is 5.60. The minimum atomic E-state index is -0.150. The molecule has 0 aliphatic heterocycles. The largest absolute Gasteiger partial charge is 0.310 e. The molecule has 0 bridgehead atoms. The fourth-order valence-electron chi connectivity index (χ4n) is 2.76. The van der Waals surface area contributed by atoms with Gasteiger partial charge < -0.3 is 5.32 Å². The smallest absolute Gasteiger partial charge is 0.126 e. The van der Waals surface area contributed by atoms with Crippen molar-refractivity contribution in [2.75, 3.05) is 6.54 Å². The lowest BCUT2D eigenvalue weighted by molar-refractivity contribution is 0.544. The summed E-state index contributed by atoms with van der Waals surface area (Å²) in [6.07, 6.45) is 0.865. The average Bonchev–Trinajstić information content (AvgIpc) is 2.68. The molecule has 1 atom stereocenters. The number of aryl methyl sites for hydroxylation is 3. The Hall–Kier alpha value is -1.68. The molecule has 1 aromatic carbocycles. The molecule has 3 nitrogen and oxygen atoms in total. The molecule has 1 heterocycles. The Balaban J connectivity index is 2.32. The molecule has 0 fully saturated rings. The van der Waals surface area contributed by atoms with E-state index in [0.717, 1.165) is 24.2 Å². The number of hydrogen-bond acceptors (Lipinski definition) is 2. The number of hydrogen-bond donors (Lipinski definition) is 1. The van der Waals surface area contributed by atoms with Crippen LogP contribution in [0.2, 0.25) is 0 Å². The molecule has 1 aromatic heterocycles. The summed E-state index contributed by atoms with van der Waals surface area (Å²) >= 11 is 0. The second-order valence-electron chi connectivity index (χ2n) is 5.60. The third-order valence-corrected chi connectivity index (χ3v) is 4.10. The molecule has 0 spiro atoms. The first-order valence-corrected chi connectivity index (χ1v) is 7.42. The minimum Gasteiger partial charge on any atom is -0.310 e. The number of nitrogens with one attached hydrogen (secondary N) is 1. The lowest BCUT2D eigenvalue weighted by Gasteiger charge is -2.19. The highest BCUT2D eigenvalue weighted by atomic mass is 19.1. The number of likely N-dealkylation sites (N-methyl/N-ethyl adjacent to an activating group) is 1. The molecular weight excluding hydrogens is 265 g/mol. The number of rotatable bonds is 5. The zero-order chi connectivity index (χ0) is 15.6. The Morgan fingerprint density at radius 1 is 1.29 bits per heavy atom. The van der Waals surface area contributed by atoms with E-state index in [2.05, 4.69) is 24.3 Å². The van der Waals surface area contributed by atoms with Gasteiger partial charge in [0, 0.05) is 18.8 Å². The van der Waals surface area contributed by atoms with Crippen LogP contribution in [0.4, 0.5) is 4.39 Å². The molecule has 0 radical (unpaired) electrons. The first-order chi connectivity index (χ1) is 9.93. The van der Waals surface area contributed by atoms with Crippen molar-refractivity contribution >= 4 is 0 Å². The molecule has 0 saturated heterocycles. The van der Waals surface area contributed by atoms with Gasteiger partial charge in [0.1, 0.15) is 5.82 Å². The first-order valence-electron chi connectivity index (χ1n) is 7.42. The van der Waals surface area contributed by atoms with Crippen molar-refractivity contribution in [3.8, 4) is 0 Å². The van der Waals surface area contributed by atoms with Gasteiger partial charge in [-0.25, -0.2) is 4.39 Å². The molecule has 2 aromatic rings. The fraction of sp³-hybridized carbons (Fsp3) is 0.471. The Labute approximate surface area is 126 Å². The van der Waals surface area contributed by atoms with Gasteiger partial charge >= 0.3 is 0 Å². The van der Waals surface area contributed by atoms with E-state index in [9.17, 15) is 4.39 Å². The van der Waals surface area contributed by atoms with Crippen LogP contribution in [0.15, 0.2) is 18.2 Å². The van der Waals surface area contributed by atoms with E-state index in [4.69, 9.17) is 0 Å². The van der Waals surface area contributed by atoms with Crippen molar-refractivity contribution in [1.29, 1.82) is 0 Å². The first kappa shape index (κ1) is 15.7. The summed E-state index contributed by atoms with van der Waals surface area (Å²) in [5.74, 6) is -0.150. The van der Waals surface area contributed by atoms with Crippen LogP contribution in [0.25, 0.3) is 0 Å². The highest BCUT2D eigenvalue weighted by Gasteiger charge is 2.17. The van der Waals surface area contributed by atoms with Gasteiger partial charge in [-0.1, -0.05) is 19.1 Å². The fourth-order valence-corrected chi connectivity index (χ4v) is 2.76. The lowest BCUT2D eigenvalue weighted by atomic mass is 9.96. The lowest BCUT2D eigenvalue weighted by Crippen LogP contribution is -2.23. The molecule has 1 unspecified atom stereocenters. The van der Waals surface area contributed by atoms with E-state index < -0.39 is 0 Å². The Morgan fingerprint density at radius 3 is 2.52 bits per heavy atom. The summed E-state index contributed by atoms with van der Waals surface area (Å²) in [5.41, 5.74) is 5.34. The standard InChI is InChI=1S/C17H24FN3/c1-6-19-17(14-7-8-16(18)11(2)9-14)10-15-12(3)20-21(5)13(15)4/h7-9,17,19H,6,10H2,1-5H3.